The van der Waals surface area contributed by atoms with E-state index in [0.29, 0.717) is 0 Å². The molecule has 1 heterocycles. The summed E-state index contributed by atoms with van der Waals surface area (Å²) in [6, 6.07) is 5.88. The van der Waals surface area contributed by atoms with Gasteiger partial charge in [-0.1, -0.05) is 23.7 Å². The second kappa shape index (κ2) is 3.73. The number of benzene rings is 1. The van der Waals surface area contributed by atoms with Gasteiger partial charge in [-0.15, -0.1) is 0 Å². The van der Waals surface area contributed by atoms with Gasteiger partial charge in [0.25, 0.3) is 0 Å². The third kappa shape index (κ3) is 1.41. The van der Waals surface area contributed by atoms with Gasteiger partial charge in [0.1, 0.15) is 0 Å². The van der Waals surface area contributed by atoms with E-state index in [9.17, 15) is 5.11 Å². The fraction of sp³-hybridized carbons (Fsp3) is 0.538. The van der Waals surface area contributed by atoms with Gasteiger partial charge in [-0.3, -0.25) is 0 Å². The molecule has 1 aromatic rings. The standard InChI is InChI=1S/C13H16ClNO/c14-11-3-1-2-9-10(11)8-13(12(9)16)4-6-15-7-5-13/h1-3,12,15-16H,4-8H2. The Labute approximate surface area is 101 Å². The van der Waals surface area contributed by atoms with Crippen molar-refractivity contribution in [3.8, 4) is 0 Å². The molecule has 0 saturated carbocycles. The molecule has 1 saturated heterocycles. The van der Waals surface area contributed by atoms with Crippen molar-refractivity contribution < 1.29 is 5.11 Å². The van der Waals surface area contributed by atoms with Gasteiger partial charge in [-0.05, 0) is 49.5 Å². The topological polar surface area (TPSA) is 32.3 Å². The minimum atomic E-state index is -0.330. The average Bonchev–Trinajstić information content (AvgIpc) is 2.57. The normalized spacial score (nSPS) is 27.0. The Bertz CT molecular complexity index is 412. The molecule has 0 radical (unpaired) electrons. The fourth-order valence-corrected chi connectivity index (χ4v) is 3.42. The van der Waals surface area contributed by atoms with Crippen LogP contribution in [0.2, 0.25) is 5.02 Å². The first kappa shape index (κ1) is 10.6. The van der Waals surface area contributed by atoms with E-state index in [1.807, 2.05) is 18.2 Å². The maximum absolute atomic E-state index is 10.5. The van der Waals surface area contributed by atoms with E-state index in [2.05, 4.69) is 5.32 Å². The average molecular weight is 238 g/mol. The molecule has 1 aliphatic heterocycles. The summed E-state index contributed by atoms with van der Waals surface area (Å²) in [4.78, 5) is 0. The molecular weight excluding hydrogens is 222 g/mol. The van der Waals surface area contributed by atoms with Crippen molar-refractivity contribution in [2.24, 2.45) is 5.41 Å². The van der Waals surface area contributed by atoms with Gasteiger partial charge in [0, 0.05) is 10.4 Å². The number of hydrogen-bond acceptors (Lipinski definition) is 2. The highest BCUT2D eigenvalue weighted by molar-refractivity contribution is 6.31. The van der Waals surface area contributed by atoms with Crippen molar-refractivity contribution in [2.45, 2.75) is 25.4 Å². The molecule has 0 amide bonds. The number of halogens is 1. The fourth-order valence-electron chi connectivity index (χ4n) is 3.17. The van der Waals surface area contributed by atoms with Crippen LogP contribution in [-0.4, -0.2) is 18.2 Å². The molecule has 1 fully saturated rings. The first-order chi connectivity index (χ1) is 7.73. The molecule has 2 nitrogen and oxygen atoms in total. The Hall–Kier alpha value is -0.570. The second-order valence-corrected chi connectivity index (χ2v) is 5.41. The zero-order chi connectivity index (χ0) is 11.2. The monoisotopic (exact) mass is 237 g/mol. The van der Waals surface area contributed by atoms with E-state index in [-0.39, 0.29) is 11.5 Å². The summed E-state index contributed by atoms with van der Waals surface area (Å²) in [5.74, 6) is 0. The maximum atomic E-state index is 10.5. The van der Waals surface area contributed by atoms with E-state index >= 15 is 0 Å². The number of fused-ring (bicyclic) bond motifs is 1. The van der Waals surface area contributed by atoms with Crippen LogP contribution in [0, 0.1) is 5.41 Å². The first-order valence-corrected chi connectivity index (χ1v) is 6.27. The number of nitrogens with one attached hydrogen (secondary N) is 1. The molecule has 0 bridgehead atoms. The maximum Gasteiger partial charge on any atom is 0.0853 e. The molecule has 1 spiro atoms. The van der Waals surface area contributed by atoms with Crippen molar-refractivity contribution in [1.29, 1.82) is 0 Å². The van der Waals surface area contributed by atoms with Crippen molar-refractivity contribution in [3.05, 3.63) is 34.3 Å². The van der Waals surface area contributed by atoms with Crippen molar-refractivity contribution in [2.75, 3.05) is 13.1 Å². The molecule has 1 atom stereocenters. The van der Waals surface area contributed by atoms with Crippen LogP contribution in [0.25, 0.3) is 0 Å². The van der Waals surface area contributed by atoms with Gasteiger partial charge < -0.3 is 10.4 Å². The van der Waals surface area contributed by atoms with Crippen LogP contribution in [0.4, 0.5) is 0 Å². The Balaban J connectivity index is 2.02. The molecule has 2 aliphatic rings. The summed E-state index contributed by atoms with van der Waals surface area (Å²) >= 11 is 6.21. The molecule has 86 valence electrons. The third-order valence-corrected chi connectivity index (χ3v) is 4.51. The molecule has 3 heteroatoms. The van der Waals surface area contributed by atoms with Gasteiger partial charge in [-0.25, -0.2) is 0 Å². The molecule has 1 unspecified atom stereocenters. The predicted molar refractivity (Wildman–Crippen MR) is 64.7 cm³/mol. The Kier molecular flexibility index (Phi) is 2.46. The zero-order valence-corrected chi connectivity index (χ0v) is 9.93. The summed E-state index contributed by atoms with van der Waals surface area (Å²) in [6.45, 7) is 2.01. The van der Waals surface area contributed by atoms with Crippen LogP contribution in [0.15, 0.2) is 18.2 Å². The van der Waals surface area contributed by atoms with E-state index in [4.69, 9.17) is 11.6 Å². The number of aliphatic hydroxyl groups excluding tert-OH is 1. The zero-order valence-electron chi connectivity index (χ0n) is 9.17. The highest BCUT2D eigenvalue weighted by atomic mass is 35.5. The SMILES string of the molecule is OC1c2cccc(Cl)c2CC12CCNCC2. The number of hydrogen-bond donors (Lipinski definition) is 2. The van der Waals surface area contributed by atoms with Crippen molar-refractivity contribution in [3.63, 3.8) is 0 Å². The van der Waals surface area contributed by atoms with Crippen LogP contribution in [-0.2, 0) is 6.42 Å². The van der Waals surface area contributed by atoms with Crippen LogP contribution < -0.4 is 5.32 Å². The van der Waals surface area contributed by atoms with Gasteiger partial charge in [0.2, 0.25) is 0 Å². The number of rotatable bonds is 0. The molecule has 1 aliphatic carbocycles. The smallest absolute Gasteiger partial charge is 0.0853 e. The van der Waals surface area contributed by atoms with Crippen LogP contribution in [0.1, 0.15) is 30.1 Å². The van der Waals surface area contributed by atoms with Crippen molar-refractivity contribution >= 4 is 11.6 Å². The summed E-state index contributed by atoms with van der Waals surface area (Å²) in [5.41, 5.74) is 2.26. The Morgan fingerprint density at radius 3 is 2.75 bits per heavy atom. The summed E-state index contributed by atoms with van der Waals surface area (Å²) in [7, 11) is 0. The second-order valence-electron chi connectivity index (χ2n) is 5.00. The van der Waals surface area contributed by atoms with Gasteiger partial charge in [0.15, 0.2) is 0 Å². The van der Waals surface area contributed by atoms with Crippen molar-refractivity contribution in [1.82, 2.24) is 5.32 Å². The first-order valence-electron chi connectivity index (χ1n) is 5.89. The Morgan fingerprint density at radius 2 is 2.06 bits per heavy atom. The van der Waals surface area contributed by atoms with E-state index in [1.54, 1.807) is 0 Å². The van der Waals surface area contributed by atoms with E-state index in [1.165, 1.54) is 5.56 Å². The lowest BCUT2D eigenvalue weighted by molar-refractivity contribution is 0.0150. The minimum absolute atomic E-state index is 0.0403. The van der Waals surface area contributed by atoms with Gasteiger partial charge >= 0.3 is 0 Å². The van der Waals surface area contributed by atoms with E-state index < -0.39 is 0 Å². The lowest BCUT2D eigenvalue weighted by atomic mass is 9.74. The lowest BCUT2D eigenvalue weighted by Crippen LogP contribution is -2.39. The quantitative estimate of drug-likeness (QED) is 0.726. The summed E-state index contributed by atoms with van der Waals surface area (Å²) < 4.78 is 0. The number of piperidine rings is 1. The molecular formula is C13H16ClNO. The molecule has 1 aromatic carbocycles. The minimum Gasteiger partial charge on any atom is -0.388 e. The molecule has 0 aromatic heterocycles. The van der Waals surface area contributed by atoms with Gasteiger partial charge in [0.05, 0.1) is 6.10 Å². The van der Waals surface area contributed by atoms with Crippen LogP contribution in [0.3, 0.4) is 0 Å². The van der Waals surface area contributed by atoms with Crippen LogP contribution in [0.5, 0.6) is 0 Å². The molecule has 16 heavy (non-hydrogen) atoms. The largest absolute Gasteiger partial charge is 0.388 e. The molecule has 3 rings (SSSR count). The summed E-state index contributed by atoms with van der Waals surface area (Å²) in [5, 5.41) is 14.7. The highest BCUT2D eigenvalue weighted by Crippen LogP contribution is 2.52. The van der Waals surface area contributed by atoms with Crippen LogP contribution >= 0.6 is 11.6 Å². The molecule has 2 N–H and O–H groups in total. The third-order valence-electron chi connectivity index (χ3n) is 4.16. The highest BCUT2D eigenvalue weighted by Gasteiger charge is 2.46. The number of aliphatic hydroxyl groups is 1. The lowest BCUT2D eigenvalue weighted by Gasteiger charge is -2.37. The van der Waals surface area contributed by atoms with E-state index in [0.717, 1.165) is 42.9 Å². The van der Waals surface area contributed by atoms with Gasteiger partial charge in [-0.2, -0.15) is 0 Å². The predicted octanol–water partition coefficient (Wildman–Crippen LogP) is 2.30. The summed E-state index contributed by atoms with van der Waals surface area (Å²) in [6.07, 6.45) is 2.69. The Morgan fingerprint density at radius 1 is 1.31 bits per heavy atom.